The van der Waals surface area contributed by atoms with Crippen molar-refractivity contribution in [3.8, 4) is 0 Å². The molecule has 31 heavy (non-hydrogen) atoms. The SMILES string of the molecule is CN(CCNCc1ccccc1F)C[C@H]1O[C@@H](N2CNC3C(N)NCNC32)[C@H](O)[C@@H]1O. The molecule has 7 atom stereocenters. The number of aliphatic hydroxyl groups excluding tert-OH is 2. The molecule has 0 amide bonds. The van der Waals surface area contributed by atoms with Crippen LogP contribution < -0.4 is 27.0 Å². The van der Waals surface area contributed by atoms with E-state index in [0.717, 1.165) is 0 Å². The van der Waals surface area contributed by atoms with Crippen LogP contribution in [0.5, 0.6) is 0 Å². The molecule has 0 aromatic heterocycles. The Labute approximate surface area is 181 Å². The van der Waals surface area contributed by atoms with Gasteiger partial charge in [-0.25, -0.2) is 9.29 Å². The van der Waals surface area contributed by atoms with Crippen LogP contribution in [0.3, 0.4) is 0 Å². The lowest BCUT2D eigenvalue weighted by Crippen LogP contribution is -2.68. The van der Waals surface area contributed by atoms with Crippen LogP contribution in [0.4, 0.5) is 4.39 Å². The number of rotatable bonds is 8. The molecule has 174 valence electrons. The highest BCUT2D eigenvalue weighted by molar-refractivity contribution is 5.16. The van der Waals surface area contributed by atoms with Crippen molar-refractivity contribution >= 4 is 0 Å². The second-order valence-electron chi connectivity index (χ2n) is 8.53. The minimum absolute atomic E-state index is 0.0102. The monoisotopic (exact) mass is 439 g/mol. The van der Waals surface area contributed by atoms with Crippen molar-refractivity contribution in [3.05, 3.63) is 35.6 Å². The number of nitrogens with one attached hydrogen (secondary N) is 4. The Bertz CT molecular complexity index is 732. The van der Waals surface area contributed by atoms with Gasteiger partial charge in [0.1, 0.15) is 30.4 Å². The fourth-order valence-electron chi connectivity index (χ4n) is 4.54. The highest BCUT2D eigenvalue weighted by Crippen LogP contribution is 2.28. The summed E-state index contributed by atoms with van der Waals surface area (Å²) in [5.41, 5.74) is 6.75. The summed E-state index contributed by atoms with van der Waals surface area (Å²) in [6.45, 7) is 3.36. The van der Waals surface area contributed by atoms with Gasteiger partial charge in [0.2, 0.25) is 0 Å². The van der Waals surface area contributed by atoms with Gasteiger partial charge in [0.25, 0.3) is 0 Å². The molecule has 3 unspecified atom stereocenters. The maximum absolute atomic E-state index is 13.7. The van der Waals surface area contributed by atoms with Crippen LogP contribution in [0.15, 0.2) is 24.3 Å². The highest BCUT2D eigenvalue weighted by atomic mass is 19.1. The fraction of sp³-hybridized carbons (Fsp3) is 0.700. The normalized spacial score (nSPS) is 36.3. The summed E-state index contributed by atoms with van der Waals surface area (Å²) in [7, 11) is 1.93. The number of halogens is 1. The zero-order valence-electron chi connectivity index (χ0n) is 17.7. The number of nitrogens with zero attached hydrogens (tertiary/aromatic N) is 2. The summed E-state index contributed by atoms with van der Waals surface area (Å²) >= 11 is 0. The third-order valence-corrected chi connectivity index (χ3v) is 6.34. The van der Waals surface area contributed by atoms with Gasteiger partial charge in [-0.3, -0.25) is 16.0 Å². The molecule has 0 bridgehead atoms. The van der Waals surface area contributed by atoms with Gasteiger partial charge in [-0.15, -0.1) is 0 Å². The summed E-state index contributed by atoms with van der Waals surface area (Å²) in [6.07, 6.45) is -3.39. The molecular weight excluding hydrogens is 405 g/mol. The van der Waals surface area contributed by atoms with Crippen molar-refractivity contribution in [1.29, 1.82) is 0 Å². The van der Waals surface area contributed by atoms with Crippen molar-refractivity contribution < 1.29 is 19.3 Å². The Kier molecular flexibility index (Phi) is 7.49. The molecule has 0 spiro atoms. The third kappa shape index (κ3) is 5.06. The highest BCUT2D eigenvalue weighted by Gasteiger charge is 2.51. The molecule has 11 heteroatoms. The van der Waals surface area contributed by atoms with E-state index in [1.807, 2.05) is 22.9 Å². The molecule has 10 nitrogen and oxygen atoms in total. The quantitative estimate of drug-likeness (QED) is 0.215. The molecule has 0 radical (unpaired) electrons. The summed E-state index contributed by atoms with van der Waals surface area (Å²) in [5.74, 6) is -0.214. The van der Waals surface area contributed by atoms with E-state index in [2.05, 4.69) is 21.3 Å². The zero-order chi connectivity index (χ0) is 22.0. The summed E-state index contributed by atoms with van der Waals surface area (Å²) in [6, 6.07) is 6.70. The minimum Gasteiger partial charge on any atom is -0.387 e. The first-order valence-corrected chi connectivity index (χ1v) is 10.8. The molecule has 3 saturated heterocycles. The van der Waals surface area contributed by atoms with Gasteiger partial charge in [0, 0.05) is 38.4 Å². The molecule has 4 rings (SSSR count). The van der Waals surface area contributed by atoms with Crippen molar-refractivity contribution in [1.82, 2.24) is 31.1 Å². The number of hydrogen-bond acceptors (Lipinski definition) is 10. The standard InChI is InChI=1S/C20H34FN7O3/c1-27(7-6-23-8-12-4-2-3-5-13(12)21)9-14-16(29)17(30)20(31-14)28-11-26-15-18(22)24-10-25-19(15)28/h2-5,14-20,23-26,29-30H,6-11,22H2,1H3/t14-,15?,16-,17-,18?,19?,20-/m1/s1. The lowest BCUT2D eigenvalue weighted by molar-refractivity contribution is -0.106. The molecule has 1 aromatic carbocycles. The number of benzene rings is 1. The summed E-state index contributed by atoms with van der Waals surface area (Å²) in [5, 5.41) is 34.3. The van der Waals surface area contributed by atoms with Crippen molar-refractivity contribution in [2.24, 2.45) is 5.73 Å². The largest absolute Gasteiger partial charge is 0.387 e. The van der Waals surface area contributed by atoms with E-state index in [1.54, 1.807) is 12.1 Å². The average Bonchev–Trinajstić information content (AvgIpc) is 3.30. The van der Waals surface area contributed by atoms with Crippen LogP contribution in [0.2, 0.25) is 0 Å². The van der Waals surface area contributed by atoms with E-state index in [0.29, 0.717) is 45.1 Å². The summed E-state index contributed by atoms with van der Waals surface area (Å²) in [4.78, 5) is 4.01. The average molecular weight is 440 g/mol. The molecule has 0 aliphatic carbocycles. The number of fused-ring (bicyclic) bond motifs is 1. The second kappa shape index (κ2) is 10.1. The van der Waals surface area contributed by atoms with Gasteiger partial charge in [-0.2, -0.15) is 0 Å². The van der Waals surface area contributed by atoms with Gasteiger partial charge in [-0.05, 0) is 13.1 Å². The Morgan fingerprint density at radius 2 is 2.06 bits per heavy atom. The zero-order valence-corrected chi connectivity index (χ0v) is 17.7. The van der Waals surface area contributed by atoms with Crippen molar-refractivity contribution in [2.45, 2.75) is 49.5 Å². The number of aliphatic hydroxyl groups is 2. The molecular formula is C20H34FN7O3. The van der Waals surface area contributed by atoms with E-state index in [1.165, 1.54) is 6.07 Å². The van der Waals surface area contributed by atoms with E-state index in [9.17, 15) is 14.6 Å². The van der Waals surface area contributed by atoms with Gasteiger partial charge in [0.05, 0.1) is 25.0 Å². The maximum atomic E-state index is 13.7. The van der Waals surface area contributed by atoms with Crippen LogP contribution >= 0.6 is 0 Å². The lowest BCUT2D eigenvalue weighted by atomic mass is 10.1. The van der Waals surface area contributed by atoms with E-state index in [-0.39, 0.29) is 24.2 Å². The maximum Gasteiger partial charge on any atom is 0.142 e. The van der Waals surface area contributed by atoms with Gasteiger partial charge in [0.15, 0.2) is 0 Å². The van der Waals surface area contributed by atoms with E-state index >= 15 is 0 Å². The predicted octanol–water partition coefficient (Wildman–Crippen LogP) is -2.71. The van der Waals surface area contributed by atoms with Crippen LogP contribution in [0.25, 0.3) is 0 Å². The molecule has 3 aliphatic heterocycles. The van der Waals surface area contributed by atoms with Crippen LogP contribution in [0, 0.1) is 5.82 Å². The van der Waals surface area contributed by atoms with Crippen LogP contribution in [-0.4, -0.2) is 103 Å². The first kappa shape index (κ1) is 22.9. The van der Waals surface area contributed by atoms with Gasteiger partial charge >= 0.3 is 0 Å². The fourth-order valence-corrected chi connectivity index (χ4v) is 4.54. The smallest absolute Gasteiger partial charge is 0.142 e. The molecule has 0 saturated carbocycles. The number of hydrogen-bond donors (Lipinski definition) is 7. The number of ether oxygens (including phenoxy) is 1. The lowest BCUT2D eigenvalue weighted by Gasteiger charge is -2.38. The second-order valence-corrected chi connectivity index (χ2v) is 8.53. The number of likely N-dealkylation sites (N-methyl/N-ethyl adjacent to an activating group) is 1. The van der Waals surface area contributed by atoms with Crippen LogP contribution in [-0.2, 0) is 11.3 Å². The minimum atomic E-state index is -1.01. The van der Waals surface area contributed by atoms with Gasteiger partial charge in [-0.1, -0.05) is 18.2 Å². The molecule has 3 fully saturated rings. The van der Waals surface area contributed by atoms with Gasteiger partial charge < -0.3 is 30.9 Å². The Balaban J connectivity index is 1.24. The van der Waals surface area contributed by atoms with E-state index in [4.69, 9.17) is 10.5 Å². The molecule has 8 N–H and O–H groups in total. The van der Waals surface area contributed by atoms with Crippen LogP contribution in [0.1, 0.15) is 5.56 Å². The third-order valence-electron chi connectivity index (χ3n) is 6.34. The summed E-state index contributed by atoms with van der Waals surface area (Å²) < 4.78 is 19.8. The Hall–Kier alpha value is -1.25. The first-order valence-electron chi connectivity index (χ1n) is 10.8. The Morgan fingerprint density at radius 1 is 1.26 bits per heavy atom. The molecule has 1 aromatic rings. The first-order chi connectivity index (χ1) is 15.0. The predicted molar refractivity (Wildman–Crippen MR) is 113 cm³/mol. The van der Waals surface area contributed by atoms with E-state index < -0.39 is 24.5 Å². The van der Waals surface area contributed by atoms with Crippen molar-refractivity contribution in [2.75, 3.05) is 40.0 Å². The Morgan fingerprint density at radius 3 is 2.87 bits per heavy atom. The molecule has 3 aliphatic rings. The molecule has 3 heterocycles. The topological polar surface area (TPSA) is 130 Å². The van der Waals surface area contributed by atoms with Crippen molar-refractivity contribution in [3.63, 3.8) is 0 Å². The number of nitrogens with two attached hydrogens (primary N) is 1.